The maximum absolute atomic E-state index is 12.2. The lowest BCUT2D eigenvalue weighted by Crippen LogP contribution is -2.17. The van der Waals surface area contributed by atoms with E-state index in [1.807, 2.05) is 54.0 Å². The largest absolute Gasteiger partial charge is 0.507 e. The quantitative estimate of drug-likeness (QED) is 0.399. The molecule has 0 unspecified atom stereocenters. The first kappa shape index (κ1) is 17.7. The minimum Gasteiger partial charge on any atom is -0.507 e. The SMILES string of the molecule is O=C(N/N=C/c1cn(-c2ccccc2)nc1-c1cccs1)c1ccccc1O. The Balaban J connectivity index is 1.61. The zero-order chi connectivity index (χ0) is 19.3. The molecule has 6 nitrogen and oxygen atoms in total. The highest BCUT2D eigenvalue weighted by molar-refractivity contribution is 7.13. The van der Waals surface area contributed by atoms with Gasteiger partial charge < -0.3 is 5.11 Å². The molecule has 4 rings (SSSR count). The number of hydrogen-bond acceptors (Lipinski definition) is 5. The maximum Gasteiger partial charge on any atom is 0.275 e. The van der Waals surface area contributed by atoms with Crippen LogP contribution in [0.2, 0.25) is 0 Å². The van der Waals surface area contributed by atoms with E-state index in [9.17, 15) is 9.90 Å². The molecule has 7 heteroatoms. The van der Waals surface area contributed by atoms with Crippen LogP contribution in [-0.2, 0) is 0 Å². The van der Waals surface area contributed by atoms with Crippen LogP contribution < -0.4 is 5.43 Å². The number of aromatic hydroxyl groups is 1. The summed E-state index contributed by atoms with van der Waals surface area (Å²) in [5, 5.41) is 20.5. The fraction of sp³-hybridized carbons (Fsp3) is 0. The van der Waals surface area contributed by atoms with Crippen molar-refractivity contribution >= 4 is 23.5 Å². The minimum atomic E-state index is -0.484. The number of amides is 1. The highest BCUT2D eigenvalue weighted by Gasteiger charge is 2.13. The molecule has 1 amide bonds. The van der Waals surface area contributed by atoms with Gasteiger partial charge in [-0.05, 0) is 35.7 Å². The maximum atomic E-state index is 12.2. The van der Waals surface area contributed by atoms with Gasteiger partial charge in [0.1, 0.15) is 11.4 Å². The molecule has 0 fully saturated rings. The molecular weight excluding hydrogens is 372 g/mol. The zero-order valence-corrected chi connectivity index (χ0v) is 15.5. The predicted molar refractivity (Wildman–Crippen MR) is 110 cm³/mol. The van der Waals surface area contributed by atoms with E-state index in [0.717, 1.165) is 21.8 Å². The van der Waals surface area contributed by atoms with Crippen molar-refractivity contribution in [1.82, 2.24) is 15.2 Å². The first-order valence-electron chi connectivity index (χ1n) is 8.53. The number of nitrogens with one attached hydrogen (secondary N) is 1. The van der Waals surface area contributed by atoms with Crippen molar-refractivity contribution < 1.29 is 9.90 Å². The number of aromatic nitrogens is 2. The summed E-state index contributed by atoms with van der Waals surface area (Å²) in [5.74, 6) is -0.575. The van der Waals surface area contributed by atoms with Crippen molar-refractivity contribution in [3.05, 3.63) is 89.4 Å². The third-order valence-corrected chi connectivity index (χ3v) is 4.91. The standard InChI is InChI=1S/C21H16N4O2S/c26-18-10-5-4-9-17(18)21(27)23-22-13-15-14-25(16-7-2-1-3-8-16)24-20(15)19-11-6-12-28-19/h1-14,26H,(H,23,27)/b22-13+. The number of nitrogens with zero attached hydrogens (tertiary/aromatic N) is 3. The number of benzene rings is 2. The van der Waals surface area contributed by atoms with Gasteiger partial charge in [0.05, 0.1) is 22.3 Å². The molecule has 28 heavy (non-hydrogen) atoms. The van der Waals surface area contributed by atoms with Gasteiger partial charge >= 0.3 is 0 Å². The van der Waals surface area contributed by atoms with Crippen LogP contribution >= 0.6 is 11.3 Å². The molecule has 0 bridgehead atoms. The van der Waals surface area contributed by atoms with Gasteiger partial charge in [0.15, 0.2) is 0 Å². The van der Waals surface area contributed by atoms with Gasteiger partial charge in [-0.2, -0.15) is 10.2 Å². The number of carbonyl (C=O) groups excluding carboxylic acids is 1. The number of thiophene rings is 1. The average Bonchev–Trinajstić information content (AvgIpc) is 3.39. The molecule has 0 aliphatic heterocycles. The summed E-state index contributed by atoms with van der Waals surface area (Å²) < 4.78 is 1.78. The van der Waals surface area contributed by atoms with E-state index in [0.29, 0.717) is 0 Å². The van der Waals surface area contributed by atoms with Crippen molar-refractivity contribution in [2.75, 3.05) is 0 Å². The second kappa shape index (κ2) is 7.89. The Labute approximate surface area is 165 Å². The number of phenols is 1. The number of hydrazone groups is 1. The summed E-state index contributed by atoms with van der Waals surface area (Å²) in [7, 11) is 0. The van der Waals surface area contributed by atoms with Gasteiger partial charge in [0.2, 0.25) is 0 Å². The molecule has 2 aromatic carbocycles. The Kier molecular flexibility index (Phi) is 4.99. The van der Waals surface area contributed by atoms with Gasteiger partial charge in [0.25, 0.3) is 5.91 Å². The molecule has 2 N–H and O–H groups in total. The van der Waals surface area contributed by atoms with Crippen LogP contribution in [0.4, 0.5) is 0 Å². The number of rotatable bonds is 5. The van der Waals surface area contributed by atoms with Gasteiger partial charge in [0, 0.05) is 11.8 Å². The molecule has 0 aliphatic carbocycles. The van der Waals surface area contributed by atoms with Crippen LogP contribution in [-0.4, -0.2) is 27.0 Å². The first-order valence-corrected chi connectivity index (χ1v) is 9.41. The first-order chi connectivity index (χ1) is 13.7. The van der Waals surface area contributed by atoms with Crippen molar-refractivity contribution in [1.29, 1.82) is 0 Å². The summed E-state index contributed by atoms with van der Waals surface area (Å²) in [5.41, 5.74) is 5.09. The van der Waals surface area contributed by atoms with Crippen LogP contribution in [0, 0.1) is 0 Å². The van der Waals surface area contributed by atoms with E-state index < -0.39 is 5.91 Å². The Bertz CT molecular complexity index is 1120. The van der Waals surface area contributed by atoms with Crippen LogP contribution in [0.25, 0.3) is 16.3 Å². The molecule has 2 aromatic heterocycles. The number of hydrogen-bond donors (Lipinski definition) is 2. The van der Waals surface area contributed by atoms with Crippen molar-refractivity contribution in [3.63, 3.8) is 0 Å². The molecule has 0 saturated heterocycles. The Morgan fingerprint density at radius 1 is 1.07 bits per heavy atom. The van der Waals surface area contributed by atoms with E-state index in [2.05, 4.69) is 15.6 Å². The molecule has 138 valence electrons. The van der Waals surface area contributed by atoms with Gasteiger partial charge in [-0.25, -0.2) is 10.1 Å². The molecular formula is C21H16N4O2S. The smallest absolute Gasteiger partial charge is 0.275 e. The van der Waals surface area contributed by atoms with E-state index in [-0.39, 0.29) is 11.3 Å². The third kappa shape index (κ3) is 3.70. The summed E-state index contributed by atoms with van der Waals surface area (Å²) >= 11 is 1.58. The molecule has 0 atom stereocenters. The molecule has 0 spiro atoms. The Morgan fingerprint density at radius 2 is 1.86 bits per heavy atom. The fourth-order valence-electron chi connectivity index (χ4n) is 2.69. The molecule has 4 aromatic rings. The summed E-state index contributed by atoms with van der Waals surface area (Å²) in [6, 6.07) is 20.0. The van der Waals surface area contributed by atoms with Crippen LogP contribution in [0.15, 0.2) is 83.4 Å². The van der Waals surface area contributed by atoms with E-state index >= 15 is 0 Å². The summed E-state index contributed by atoms with van der Waals surface area (Å²) in [4.78, 5) is 13.2. The van der Waals surface area contributed by atoms with Gasteiger partial charge in [-0.15, -0.1) is 11.3 Å². The van der Waals surface area contributed by atoms with Crippen molar-refractivity contribution in [2.45, 2.75) is 0 Å². The Hall–Kier alpha value is -3.71. The van der Waals surface area contributed by atoms with Gasteiger partial charge in [-0.3, -0.25) is 4.79 Å². The molecule has 0 aliphatic rings. The van der Waals surface area contributed by atoms with Crippen molar-refractivity contribution in [2.24, 2.45) is 5.10 Å². The molecule has 2 heterocycles. The minimum absolute atomic E-state index is 0.0913. The van der Waals surface area contributed by atoms with Crippen LogP contribution in [0.5, 0.6) is 5.75 Å². The lowest BCUT2D eigenvalue weighted by Gasteiger charge is -2.01. The van der Waals surface area contributed by atoms with Crippen molar-refractivity contribution in [3.8, 4) is 22.0 Å². The van der Waals surface area contributed by atoms with E-state index in [4.69, 9.17) is 0 Å². The fourth-order valence-corrected chi connectivity index (χ4v) is 3.42. The number of phenolic OH excluding ortho intramolecular Hbond substituents is 1. The predicted octanol–water partition coefficient (Wildman–Crippen LogP) is 4.07. The normalized spacial score (nSPS) is 11.0. The highest BCUT2D eigenvalue weighted by atomic mass is 32.1. The molecule has 0 saturated carbocycles. The number of para-hydroxylation sites is 2. The Morgan fingerprint density at radius 3 is 2.61 bits per heavy atom. The summed E-state index contributed by atoms with van der Waals surface area (Å²) in [6.07, 6.45) is 3.42. The number of carbonyl (C=O) groups is 1. The monoisotopic (exact) mass is 388 g/mol. The zero-order valence-electron chi connectivity index (χ0n) is 14.7. The second-order valence-corrected chi connectivity index (χ2v) is 6.85. The lowest BCUT2D eigenvalue weighted by atomic mass is 10.2. The highest BCUT2D eigenvalue weighted by Crippen LogP contribution is 2.26. The van der Waals surface area contributed by atoms with E-state index in [1.54, 1.807) is 34.4 Å². The van der Waals surface area contributed by atoms with Gasteiger partial charge in [-0.1, -0.05) is 36.4 Å². The summed E-state index contributed by atoms with van der Waals surface area (Å²) in [6.45, 7) is 0. The average molecular weight is 388 g/mol. The third-order valence-electron chi connectivity index (χ3n) is 4.04. The van der Waals surface area contributed by atoms with Crippen LogP contribution in [0.3, 0.4) is 0 Å². The lowest BCUT2D eigenvalue weighted by molar-refractivity contribution is 0.0952. The van der Waals surface area contributed by atoms with Crippen LogP contribution in [0.1, 0.15) is 15.9 Å². The van der Waals surface area contributed by atoms with E-state index in [1.165, 1.54) is 12.1 Å². The topological polar surface area (TPSA) is 79.5 Å². The molecule has 0 radical (unpaired) electrons. The second-order valence-electron chi connectivity index (χ2n) is 5.91.